The third-order valence-corrected chi connectivity index (χ3v) is 3.17. The molecule has 1 N–H and O–H groups in total. The summed E-state index contributed by atoms with van der Waals surface area (Å²) in [7, 11) is 1.91. The van der Waals surface area contributed by atoms with Gasteiger partial charge in [0.2, 0.25) is 0 Å². The first kappa shape index (κ1) is 12.5. The van der Waals surface area contributed by atoms with Crippen LogP contribution in [0.3, 0.4) is 0 Å². The summed E-state index contributed by atoms with van der Waals surface area (Å²) in [6, 6.07) is 8.04. The lowest BCUT2D eigenvalue weighted by Gasteiger charge is -2.03. The second-order valence-electron chi connectivity index (χ2n) is 4.43. The van der Waals surface area contributed by atoms with Crippen LogP contribution in [0, 0.1) is 25.2 Å². The monoisotopic (exact) mass is 243 g/mol. The van der Waals surface area contributed by atoms with Gasteiger partial charge in [0.25, 0.3) is 0 Å². The molecule has 18 heavy (non-hydrogen) atoms. The Bertz CT molecular complexity index is 587. The van der Waals surface area contributed by atoms with E-state index in [0.29, 0.717) is 12.2 Å². The van der Waals surface area contributed by atoms with Crippen molar-refractivity contribution in [2.24, 2.45) is 7.05 Å². The molecular weight excluding hydrogens is 226 g/mol. The number of nitrogens with zero attached hydrogens (tertiary/aromatic N) is 2. The van der Waals surface area contributed by atoms with E-state index in [4.69, 9.17) is 9.68 Å². The average molecular weight is 243 g/mol. The quantitative estimate of drug-likeness (QED) is 0.897. The van der Waals surface area contributed by atoms with Crippen LogP contribution in [-0.4, -0.2) is 4.57 Å². The molecule has 0 aromatic carbocycles. The molecule has 0 saturated carbocycles. The van der Waals surface area contributed by atoms with E-state index in [1.54, 1.807) is 0 Å². The van der Waals surface area contributed by atoms with Crippen LogP contribution >= 0.6 is 0 Å². The summed E-state index contributed by atoms with van der Waals surface area (Å²) < 4.78 is 7.39. The third-order valence-electron chi connectivity index (χ3n) is 3.17. The van der Waals surface area contributed by atoms with Gasteiger partial charge in [-0.2, -0.15) is 5.26 Å². The van der Waals surface area contributed by atoms with E-state index < -0.39 is 0 Å². The van der Waals surface area contributed by atoms with E-state index in [-0.39, 0.29) is 0 Å². The number of aryl methyl sites for hydroxylation is 1. The Kier molecular flexibility index (Phi) is 3.54. The molecule has 0 radical (unpaired) electrons. The highest BCUT2D eigenvalue weighted by molar-refractivity contribution is 5.34. The smallest absolute Gasteiger partial charge is 0.120 e. The molecule has 2 aromatic rings. The maximum absolute atomic E-state index is 8.96. The first-order chi connectivity index (χ1) is 8.61. The number of nitrogens with one attached hydrogen (secondary N) is 1. The maximum Gasteiger partial charge on any atom is 0.120 e. The van der Waals surface area contributed by atoms with E-state index in [0.717, 1.165) is 29.3 Å². The van der Waals surface area contributed by atoms with Crippen LogP contribution in [0.15, 0.2) is 22.6 Å². The van der Waals surface area contributed by atoms with Crippen molar-refractivity contribution in [3.63, 3.8) is 0 Å². The van der Waals surface area contributed by atoms with E-state index in [2.05, 4.69) is 11.4 Å². The number of hydrogen-bond acceptors (Lipinski definition) is 3. The standard InChI is InChI=1S/C14H17N3O/c1-10-4-5-14(18-10)9-16-8-12-6-13(7-15)17(3)11(12)2/h4-6,16H,8-9H2,1-3H3. The summed E-state index contributed by atoms with van der Waals surface area (Å²) in [5, 5.41) is 12.3. The fraction of sp³-hybridized carbons (Fsp3) is 0.357. The van der Waals surface area contributed by atoms with Crippen LogP contribution in [0.25, 0.3) is 0 Å². The lowest BCUT2D eigenvalue weighted by molar-refractivity contribution is 0.461. The minimum atomic E-state index is 0.693. The van der Waals surface area contributed by atoms with Crippen molar-refractivity contribution in [2.45, 2.75) is 26.9 Å². The molecule has 2 heterocycles. The Morgan fingerprint density at radius 1 is 1.33 bits per heavy atom. The third kappa shape index (κ3) is 2.47. The number of hydrogen-bond donors (Lipinski definition) is 1. The Morgan fingerprint density at radius 2 is 2.11 bits per heavy atom. The van der Waals surface area contributed by atoms with Gasteiger partial charge in [-0.05, 0) is 37.6 Å². The van der Waals surface area contributed by atoms with Gasteiger partial charge in [-0.3, -0.25) is 0 Å². The van der Waals surface area contributed by atoms with Crippen molar-refractivity contribution < 1.29 is 4.42 Å². The maximum atomic E-state index is 8.96. The lowest BCUT2D eigenvalue weighted by Crippen LogP contribution is -2.12. The molecular formula is C14H17N3O. The SMILES string of the molecule is Cc1ccc(CNCc2cc(C#N)n(C)c2C)o1. The summed E-state index contributed by atoms with van der Waals surface area (Å²) in [6.07, 6.45) is 0. The normalized spacial score (nSPS) is 10.6. The number of rotatable bonds is 4. The van der Waals surface area contributed by atoms with Gasteiger partial charge in [0, 0.05) is 19.3 Å². The zero-order valence-electron chi connectivity index (χ0n) is 10.9. The second kappa shape index (κ2) is 5.11. The van der Waals surface area contributed by atoms with Crippen LogP contribution < -0.4 is 5.32 Å². The molecule has 0 aliphatic carbocycles. The zero-order chi connectivity index (χ0) is 13.1. The van der Waals surface area contributed by atoms with Crippen molar-refractivity contribution in [1.82, 2.24) is 9.88 Å². The Balaban J connectivity index is 1.97. The molecule has 0 aliphatic heterocycles. The predicted molar refractivity (Wildman–Crippen MR) is 68.9 cm³/mol. The van der Waals surface area contributed by atoms with Crippen molar-refractivity contribution in [2.75, 3.05) is 0 Å². The molecule has 0 saturated heterocycles. The molecule has 0 atom stereocenters. The van der Waals surface area contributed by atoms with Gasteiger partial charge in [-0.15, -0.1) is 0 Å². The van der Waals surface area contributed by atoms with Crippen LogP contribution in [0.1, 0.15) is 28.5 Å². The fourth-order valence-electron chi connectivity index (χ4n) is 1.95. The van der Waals surface area contributed by atoms with Gasteiger partial charge in [-0.1, -0.05) is 0 Å². The topological polar surface area (TPSA) is 53.9 Å². The number of furan rings is 1. The summed E-state index contributed by atoms with van der Waals surface area (Å²) >= 11 is 0. The van der Waals surface area contributed by atoms with Gasteiger partial charge in [0.1, 0.15) is 23.3 Å². The predicted octanol–water partition coefficient (Wildman–Crippen LogP) is 2.40. The highest BCUT2D eigenvalue weighted by Crippen LogP contribution is 2.13. The van der Waals surface area contributed by atoms with E-state index >= 15 is 0 Å². The molecule has 4 nitrogen and oxygen atoms in total. The highest BCUT2D eigenvalue weighted by atomic mass is 16.3. The first-order valence-corrected chi connectivity index (χ1v) is 5.93. The number of aromatic nitrogens is 1. The van der Waals surface area contributed by atoms with Crippen LogP contribution in [0.2, 0.25) is 0 Å². The van der Waals surface area contributed by atoms with E-state index in [9.17, 15) is 0 Å². The molecule has 2 rings (SSSR count). The average Bonchev–Trinajstić information content (AvgIpc) is 2.88. The van der Waals surface area contributed by atoms with Gasteiger partial charge in [0.15, 0.2) is 0 Å². The summed E-state index contributed by atoms with van der Waals surface area (Å²) in [5.41, 5.74) is 2.96. The molecule has 0 fully saturated rings. The molecule has 0 unspecified atom stereocenters. The minimum absolute atomic E-state index is 0.693. The first-order valence-electron chi connectivity index (χ1n) is 5.93. The summed E-state index contributed by atoms with van der Waals surface area (Å²) in [4.78, 5) is 0. The van der Waals surface area contributed by atoms with Crippen molar-refractivity contribution >= 4 is 0 Å². The molecule has 2 aromatic heterocycles. The van der Waals surface area contributed by atoms with Gasteiger partial charge >= 0.3 is 0 Å². The highest BCUT2D eigenvalue weighted by Gasteiger charge is 2.08. The van der Waals surface area contributed by atoms with Crippen LogP contribution in [0.5, 0.6) is 0 Å². The van der Waals surface area contributed by atoms with Crippen LogP contribution in [-0.2, 0) is 20.1 Å². The van der Waals surface area contributed by atoms with Crippen LogP contribution in [0.4, 0.5) is 0 Å². The van der Waals surface area contributed by atoms with Gasteiger partial charge in [0.05, 0.1) is 6.54 Å². The van der Waals surface area contributed by atoms with Crippen molar-refractivity contribution in [1.29, 1.82) is 5.26 Å². The van der Waals surface area contributed by atoms with Crippen molar-refractivity contribution in [3.8, 4) is 6.07 Å². The molecule has 94 valence electrons. The van der Waals surface area contributed by atoms with Crippen molar-refractivity contribution in [3.05, 3.63) is 46.7 Å². The zero-order valence-corrected chi connectivity index (χ0v) is 10.9. The Morgan fingerprint density at radius 3 is 2.67 bits per heavy atom. The lowest BCUT2D eigenvalue weighted by atomic mass is 10.2. The second-order valence-corrected chi connectivity index (χ2v) is 4.43. The Hall–Kier alpha value is -1.99. The van der Waals surface area contributed by atoms with E-state index in [1.165, 1.54) is 0 Å². The largest absolute Gasteiger partial charge is 0.465 e. The van der Waals surface area contributed by atoms with E-state index in [1.807, 2.05) is 43.7 Å². The Labute approximate surface area is 107 Å². The summed E-state index contributed by atoms with van der Waals surface area (Å²) in [6.45, 7) is 5.39. The molecule has 0 bridgehead atoms. The fourth-order valence-corrected chi connectivity index (χ4v) is 1.95. The number of nitriles is 1. The van der Waals surface area contributed by atoms with Gasteiger partial charge < -0.3 is 14.3 Å². The summed E-state index contributed by atoms with van der Waals surface area (Å²) in [5.74, 6) is 1.86. The molecule has 4 heteroatoms. The molecule has 0 aliphatic rings. The molecule has 0 spiro atoms. The minimum Gasteiger partial charge on any atom is -0.465 e. The van der Waals surface area contributed by atoms with Gasteiger partial charge in [-0.25, -0.2) is 0 Å². The molecule has 0 amide bonds.